The third kappa shape index (κ3) is 5.70. The van der Waals surface area contributed by atoms with E-state index in [2.05, 4.69) is 218 Å². The molecule has 0 unspecified atom stereocenters. The SMILES string of the molecule is CC1(C)c2cc(-c3ccccc3)ccc2N(c2ccc(-c3ccccc3)cc2)c2ccc(N(c3ccccc3)c3ccc(-c4ccccc4)s3)cc21. The minimum Gasteiger partial charge on any atom is -0.310 e. The van der Waals surface area contributed by atoms with Crippen molar-refractivity contribution in [3.8, 4) is 32.7 Å². The number of fused-ring (bicyclic) bond motifs is 2. The number of hydrogen-bond acceptors (Lipinski definition) is 3. The van der Waals surface area contributed by atoms with Gasteiger partial charge in [-0.05, 0) is 106 Å². The van der Waals surface area contributed by atoms with Crippen molar-refractivity contribution in [1.82, 2.24) is 0 Å². The van der Waals surface area contributed by atoms with Gasteiger partial charge in [-0.2, -0.15) is 0 Å². The smallest absolute Gasteiger partial charge is 0.101 e. The second-order valence-electron chi connectivity index (χ2n) is 13.8. The summed E-state index contributed by atoms with van der Waals surface area (Å²) in [6.07, 6.45) is 0. The van der Waals surface area contributed by atoms with Crippen molar-refractivity contribution in [3.63, 3.8) is 0 Å². The molecule has 1 aromatic heterocycles. The van der Waals surface area contributed by atoms with Gasteiger partial charge < -0.3 is 9.80 Å². The van der Waals surface area contributed by atoms with E-state index in [1.54, 1.807) is 0 Å². The summed E-state index contributed by atoms with van der Waals surface area (Å²) >= 11 is 1.82. The van der Waals surface area contributed by atoms with E-state index in [0.29, 0.717) is 0 Å². The van der Waals surface area contributed by atoms with Crippen molar-refractivity contribution < 1.29 is 0 Å². The van der Waals surface area contributed by atoms with E-state index in [-0.39, 0.29) is 5.41 Å². The van der Waals surface area contributed by atoms with Crippen LogP contribution in [-0.4, -0.2) is 0 Å². The second kappa shape index (κ2) is 13.2. The quantitative estimate of drug-likeness (QED) is 0.165. The van der Waals surface area contributed by atoms with E-state index >= 15 is 0 Å². The summed E-state index contributed by atoms with van der Waals surface area (Å²) in [6.45, 7) is 4.76. The fraction of sp³-hybridized carbons (Fsp3) is 0.0612. The summed E-state index contributed by atoms with van der Waals surface area (Å²) in [4.78, 5) is 6.11. The highest BCUT2D eigenvalue weighted by Gasteiger charge is 2.38. The molecule has 3 heteroatoms. The number of nitrogens with zero attached hydrogens (tertiary/aromatic N) is 2. The topological polar surface area (TPSA) is 6.48 Å². The molecule has 0 radical (unpaired) electrons. The van der Waals surface area contributed by atoms with E-state index in [1.807, 2.05) is 11.3 Å². The molecule has 52 heavy (non-hydrogen) atoms. The monoisotopic (exact) mass is 686 g/mol. The Morgan fingerprint density at radius 3 is 1.56 bits per heavy atom. The van der Waals surface area contributed by atoms with Crippen LogP contribution < -0.4 is 9.80 Å². The van der Waals surface area contributed by atoms with Crippen molar-refractivity contribution in [2.24, 2.45) is 0 Å². The van der Waals surface area contributed by atoms with Gasteiger partial charge in [0, 0.05) is 27.4 Å². The molecule has 0 bridgehead atoms. The summed E-state index contributed by atoms with van der Waals surface area (Å²) in [5, 5.41) is 1.18. The standard InChI is InChI=1S/C49H38N2S/c1-49(2)43-33-39(36-17-9-4-10-18-36)25-29-45(43)51(41-26-23-37(24-27-41)35-15-7-3-8-16-35)46-30-28-42(34-44(46)49)50(40-21-13-6-14-22-40)48-32-31-47(52-48)38-19-11-5-12-20-38/h3-34H,1-2H3. The predicted octanol–water partition coefficient (Wildman–Crippen LogP) is 14.3. The lowest BCUT2D eigenvalue weighted by Crippen LogP contribution is -2.31. The summed E-state index contributed by atoms with van der Waals surface area (Å²) in [7, 11) is 0. The zero-order valence-corrected chi connectivity index (χ0v) is 30.1. The largest absolute Gasteiger partial charge is 0.310 e. The molecule has 9 rings (SSSR count). The van der Waals surface area contributed by atoms with Gasteiger partial charge >= 0.3 is 0 Å². The number of benzene rings is 7. The molecule has 7 aromatic carbocycles. The maximum absolute atomic E-state index is 2.45. The van der Waals surface area contributed by atoms with Crippen LogP contribution in [0.1, 0.15) is 25.0 Å². The Bertz CT molecular complexity index is 2470. The average molecular weight is 687 g/mol. The molecule has 2 heterocycles. The van der Waals surface area contributed by atoms with E-state index in [0.717, 1.165) is 17.1 Å². The molecule has 2 nitrogen and oxygen atoms in total. The van der Waals surface area contributed by atoms with Gasteiger partial charge in [0.25, 0.3) is 0 Å². The van der Waals surface area contributed by atoms with Crippen LogP contribution >= 0.6 is 11.3 Å². The first-order valence-corrected chi connectivity index (χ1v) is 18.7. The third-order valence-corrected chi connectivity index (χ3v) is 11.4. The number of anilines is 6. The van der Waals surface area contributed by atoms with Gasteiger partial charge in [0.15, 0.2) is 0 Å². The fourth-order valence-electron chi connectivity index (χ4n) is 7.57. The van der Waals surface area contributed by atoms with Gasteiger partial charge in [-0.15, -0.1) is 11.3 Å². The van der Waals surface area contributed by atoms with Gasteiger partial charge in [-0.25, -0.2) is 0 Å². The summed E-state index contributed by atoms with van der Waals surface area (Å²) in [5.41, 5.74) is 14.3. The molecular formula is C49H38N2S. The van der Waals surface area contributed by atoms with Crippen molar-refractivity contribution in [2.45, 2.75) is 19.3 Å². The van der Waals surface area contributed by atoms with Crippen molar-refractivity contribution in [2.75, 3.05) is 9.80 Å². The Morgan fingerprint density at radius 1 is 0.423 bits per heavy atom. The Labute approximate surface area is 310 Å². The zero-order chi connectivity index (χ0) is 35.1. The molecule has 8 aromatic rings. The van der Waals surface area contributed by atoms with Crippen LogP contribution in [0.3, 0.4) is 0 Å². The van der Waals surface area contributed by atoms with Crippen LogP contribution in [0, 0.1) is 0 Å². The van der Waals surface area contributed by atoms with Gasteiger partial charge in [0.2, 0.25) is 0 Å². The van der Waals surface area contributed by atoms with Crippen LogP contribution in [0.15, 0.2) is 194 Å². The summed E-state index contributed by atoms with van der Waals surface area (Å²) in [5.74, 6) is 0. The van der Waals surface area contributed by atoms with Crippen LogP contribution in [-0.2, 0) is 5.41 Å². The van der Waals surface area contributed by atoms with Crippen LogP contribution in [0.2, 0.25) is 0 Å². The minimum atomic E-state index is -0.279. The maximum atomic E-state index is 2.45. The normalized spacial score (nSPS) is 12.9. The van der Waals surface area contributed by atoms with Crippen molar-refractivity contribution in [1.29, 1.82) is 0 Å². The molecule has 0 atom stereocenters. The maximum Gasteiger partial charge on any atom is 0.101 e. The van der Waals surface area contributed by atoms with Gasteiger partial charge in [0.05, 0.1) is 11.4 Å². The van der Waals surface area contributed by atoms with Gasteiger partial charge in [0.1, 0.15) is 5.00 Å². The molecule has 0 fully saturated rings. The number of hydrogen-bond donors (Lipinski definition) is 0. The fourth-order valence-corrected chi connectivity index (χ4v) is 8.63. The number of para-hydroxylation sites is 1. The first-order chi connectivity index (χ1) is 25.5. The Hall–Kier alpha value is -6.16. The molecule has 0 saturated carbocycles. The number of rotatable bonds is 7. The molecule has 0 spiro atoms. The summed E-state index contributed by atoms with van der Waals surface area (Å²) < 4.78 is 0. The molecule has 250 valence electrons. The Balaban J connectivity index is 1.21. The van der Waals surface area contributed by atoms with Crippen LogP contribution in [0.4, 0.5) is 33.4 Å². The Morgan fingerprint density at radius 2 is 0.923 bits per heavy atom. The van der Waals surface area contributed by atoms with E-state index in [9.17, 15) is 0 Å². The first kappa shape index (κ1) is 31.8. The van der Waals surface area contributed by atoms with E-state index in [1.165, 1.54) is 60.2 Å². The Kier molecular flexibility index (Phi) is 8.06. The molecular weight excluding hydrogens is 649 g/mol. The highest BCUT2D eigenvalue weighted by Crippen LogP contribution is 2.54. The minimum absolute atomic E-state index is 0.279. The third-order valence-electron chi connectivity index (χ3n) is 10.3. The number of thiophene rings is 1. The molecule has 1 aliphatic rings. The van der Waals surface area contributed by atoms with Crippen LogP contribution in [0.5, 0.6) is 0 Å². The van der Waals surface area contributed by atoms with Crippen molar-refractivity contribution >= 4 is 44.8 Å². The van der Waals surface area contributed by atoms with Gasteiger partial charge in [-0.1, -0.05) is 141 Å². The molecule has 1 aliphatic heterocycles. The zero-order valence-electron chi connectivity index (χ0n) is 29.3. The molecule has 0 aliphatic carbocycles. The lowest BCUT2D eigenvalue weighted by Gasteiger charge is -2.43. The van der Waals surface area contributed by atoms with Crippen LogP contribution in [0.25, 0.3) is 32.7 Å². The average Bonchev–Trinajstić information content (AvgIpc) is 3.70. The van der Waals surface area contributed by atoms with E-state index < -0.39 is 0 Å². The molecule has 0 saturated heterocycles. The predicted molar refractivity (Wildman–Crippen MR) is 222 cm³/mol. The molecule has 0 N–H and O–H groups in total. The van der Waals surface area contributed by atoms with Crippen molar-refractivity contribution in [3.05, 3.63) is 205 Å². The molecule has 0 amide bonds. The lowest BCUT2D eigenvalue weighted by atomic mass is 9.72. The highest BCUT2D eigenvalue weighted by molar-refractivity contribution is 7.19. The highest BCUT2D eigenvalue weighted by atomic mass is 32.1. The second-order valence-corrected chi connectivity index (χ2v) is 14.9. The summed E-state index contributed by atoms with van der Waals surface area (Å²) in [6, 6.07) is 70.3. The first-order valence-electron chi connectivity index (χ1n) is 17.9. The lowest BCUT2D eigenvalue weighted by molar-refractivity contribution is 0.632. The van der Waals surface area contributed by atoms with E-state index in [4.69, 9.17) is 0 Å². The van der Waals surface area contributed by atoms with Gasteiger partial charge in [-0.3, -0.25) is 0 Å².